The van der Waals surface area contributed by atoms with Crippen LogP contribution in [0.1, 0.15) is 57.0 Å². The standard InChI is InChI=1S/C37H40N6O8S2/c1-6-22-19-52-33-28(32(46)43(33)29(22)34(47)49-30(23-14-10-8-11-15-23)24-16-12-9-13-17-24)41-31(45)27(26-20-53-35(40-26)39-21-44)42-51-25(7-2)18-38-36(48)50-37(3,4)5/h6,8-17,20-21,25,28,30,33H,1,7,18-19H2,2-5H3,(H,38,48)(H,41,45)(H,39,40,44)/t25?,28?,33-/m0/s1. The van der Waals surface area contributed by atoms with Crippen molar-refractivity contribution in [1.29, 1.82) is 0 Å². The number of aromatic nitrogens is 1. The van der Waals surface area contributed by atoms with E-state index in [4.69, 9.17) is 14.3 Å². The number of rotatable bonds is 15. The summed E-state index contributed by atoms with van der Waals surface area (Å²) in [6, 6.07) is 17.5. The van der Waals surface area contributed by atoms with Crippen LogP contribution < -0.4 is 16.0 Å². The quantitative estimate of drug-likeness (QED) is 0.0635. The Morgan fingerprint density at radius 2 is 1.75 bits per heavy atom. The average Bonchev–Trinajstić information content (AvgIpc) is 3.61. The number of thioether (sulfide) groups is 1. The van der Waals surface area contributed by atoms with Crippen molar-refractivity contribution in [3.05, 3.63) is 107 Å². The Kier molecular flexibility index (Phi) is 12.7. The summed E-state index contributed by atoms with van der Waals surface area (Å²) in [5, 5.41) is 13.0. The molecule has 2 aliphatic rings. The van der Waals surface area contributed by atoms with E-state index in [1.807, 2.05) is 67.6 Å². The number of carbonyl (C=O) groups is 5. The number of β-lactam (4-membered cyclic amide) rings is 1. The third kappa shape index (κ3) is 9.50. The van der Waals surface area contributed by atoms with Gasteiger partial charge in [-0.1, -0.05) is 85.4 Å². The van der Waals surface area contributed by atoms with E-state index < -0.39 is 53.1 Å². The highest BCUT2D eigenvalue weighted by Crippen LogP contribution is 2.42. The Morgan fingerprint density at radius 1 is 1.09 bits per heavy atom. The first-order valence-electron chi connectivity index (χ1n) is 16.7. The van der Waals surface area contributed by atoms with Crippen LogP contribution in [0.5, 0.6) is 0 Å². The lowest BCUT2D eigenvalue weighted by atomic mass is 10.0. The number of benzene rings is 2. The summed E-state index contributed by atoms with van der Waals surface area (Å²) in [6.07, 6.45) is 0.336. The zero-order chi connectivity index (χ0) is 38.1. The molecule has 278 valence electrons. The van der Waals surface area contributed by atoms with Crippen LogP contribution in [0.25, 0.3) is 0 Å². The Morgan fingerprint density at radius 3 is 2.34 bits per heavy atom. The first-order valence-corrected chi connectivity index (χ1v) is 18.7. The lowest BCUT2D eigenvalue weighted by molar-refractivity contribution is -0.154. The fraction of sp³-hybridized carbons (Fsp3) is 0.324. The average molecular weight is 761 g/mol. The van der Waals surface area contributed by atoms with E-state index in [2.05, 4.69) is 32.7 Å². The number of fused-ring (bicyclic) bond motifs is 1. The highest BCUT2D eigenvalue weighted by atomic mass is 32.2. The predicted molar refractivity (Wildman–Crippen MR) is 201 cm³/mol. The lowest BCUT2D eigenvalue weighted by Gasteiger charge is -2.49. The largest absolute Gasteiger partial charge is 0.448 e. The van der Waals surface area contributed by atoms with Crippen LogP contribution in [0.4, 0.5) is 9.93 Å². The maximum atomic E-state index is 14.0. The number of thiazole rings is 1. The molecular weight excluding hydrogens is 721 g/mol. The van der Waals surface area contributed by atoms with E-state index in [9.17, 15) is 24.0 Å². The van der Waals surface area contributed by atoms with Crippen molar-refractivity contribution in [1.82, 2.24) is 20.5 Å². The molecule has 3 N–H and O–H groups in total. The van der Waals surface area contributed by atoms with E-state index in [1.165, 1.54) is 28.1 Å². The molecule has 4 amide bonds. The maximum absolute atomic E-state index is 14.0. The van der Waals surface area contributed by atoms with Gasteiger partial charge in [0.2, 0.25) is 6.41 Å². The zero-order valence-electron chi connectivity index (χ0n) is 29.6. The van der Waals surface area contributed by atoms with E-state index in [-0.39, 0.29) is 28.8 Å². The second kappa shape index (κ2) is 17.4. The number of anilines is 1. The molecule has 14 nitrogen and oxygen atoms in total. The Hall–Kier alpha value is -5.48. The second-order valence-corrected chi connectivity index (χ2v) is 14.8. The van der Waals surface area contributed by atoms with Crippen molar-refractivity contribution in [3.8, 4) is 0 Å². The molecule has 0 aliphatic carbocycles. The molecule has 5 rings (SSSR count). The SMILES string of the molecule is C=CC1=C(C(=O)OC(c2ccccc2)c2ccccc2)N2C(=O)C(NC(=O)C(=NOC(CC)CNC(=O)OC(C)(C)C)c3csc(NC=O)n3)[C@@H]2SC1. The number of ether oxygens (including phenoxy) is 2. The van der Waals surface area contributed by atoms with Gasteiger partial charge in [-0.3, -0.25) is 19.3 Å². The van der Waals surface area contributed by atoms with E-state index in [0.717, 1.165) is 22.5 Å². The predicted octanol–water partition coefficient (Wildman–Crippen LogP) is 4.91. The van der Waals surface area contributed by atoms with E-state index in [1.54, 1.807) is 20.8 Å². The van der Waals surface area contributed by atoms with Gasteiger partial charge >= 0.3 is 12.1 Å². The van der Waals surface area contributed by atoms with E-state index in [0.29, 0.717) is 24.2 Å². The van der Waals surface area contributed by atoms with Gasteiger partial charge < -0.3 is 30.3 Å². The molecule has 0 saturated carbocycles. The number of carbonyl (C=O) groups excluding carboxylic acids is 5. The molecule has 3 aromatic rings. The van der Waals surface area contributed by atoms with Gasteiger partial charge in [-0.25, -0.2) is 14.6 Å². The van der Waals surface area contributed by atoms with Crippen molar-refractivity contribution in [2.75, 3.05) is 17.6 Å². The third-order valence-corrected chi connectivity index (χ3v) is 9.99. The van der Waals surface area contributed by atoms with Gasteiger partial charge in [-0.2, -0.15) is 0 Å². The third-order valence-electron chi connectivity index (χ3n) is 7.92. The van der Waals surface area contributed by atoms with Crippen LogP contribution in [0.15, 0.2) is 95.1 Å². The molecule has 3 heterocycles. The number of hydrogen-bond donors (Lipinski definition) is 3. The lowest BCUT2D eigenvalue weighted by Crippen LogP contribution is -2.71. The molecule has 0 spiro atoms. The molecule has 1 aromatic heterocycles. The number of esters is 1. The summed E-state index contributed by atoms with van der Waals surface area (Å²) in [5.74, 6) is -1.69. The van der Waals surface area contributed by atoms with Gasteiger partial charge in [0.15, 0.2) is 16.9 Å². The maximum Gasteiger partial charge on any atom is 0.407 e. The van der Waals surface area contributed by atoms with Crippen LogP contribution in [-0.2, 0) is 33.5 Å². The van der Waals surface area contributed by atoms with Crippen molar-refractivity contribution in [2.24, 2.45) is 5.16 Å². The molecule has 2 aromatic carbocycles. The van der Waals surface area contributed by atoms with Crippen molar-refractivity contribution < 1.29 is 38.3 Å². The van der Waals surface area contributed by atoms with Gasteiger partial charge in [0.25, 0.3) is 11.8 Å². The minimum absolute atomic E-state index is 0.0276. The molecule has 2 aliphatic heterocycles. The van der Waals surface area contributed by atoms with Gasteiger partial charge in [-0.05, 0) is 43.9 Å². The molecular formula is C37H40N6O8S2. The van der Waals surface area contributed by atoms with Crippen LogP contribution in [0, 0.1) is 0 Å². The van der Waals surface area contributed by atoms with Crippen LogP contribution >= 0.6 is 23.1 Å². The summed E-state index contributed by atoms with van der Waals surface area (Å²) >= 11 is 2.41. The fourth-order valence-electron chi connectivity index (χ4n) is 5.34. The number of oxime groups is 1. The van der Waals surface area contributed by atoms with Crippen molar-refractivity contribution >= 4 is 64.2 Å². The summed E-state index contributed by atoms with van der Waals surface area (Å²) in [4.78, 5) is 76.0. The fourth-order valence-corrected chi connectivity index (χ4v) is 7.34. The minimum Gasteiger partial charge on any atom is -0.448 e. The van der Waals surface area contributed by atoms with Crippen molar-refractivity contribution in [2.45, 2.75) is 63.3 Å². The summed E-state index contributed by atoms with van der Waals surface area (Å²) in [7, 11) is 0. The highest BCUT2D eigenvalue weighted by Gasteiger charge is 2.54. The van der Waals surface area contributed by atoms with Gasteiger partial charge in [0.1, 0.15) is 34.5 Å². The molecule has 16 heteroatoms. The highest BCUT2D eigenvalue weighted by molar-refractivity contribution is 8.00. The Labute approximate surface area is 315 Å². The summed E-state index contributed by atoms with van der Waals surface area (Å²) in [5.41, 5.74) is 1.20. The van der Waals surface area contributed by atoms with Gasteiger partial charge in [-0.15, -0.1) is 23.1 Å². The smallest absolute Gasteiger partial charge is 0.407 e. The molecule has 2 unspecified atom stereocenters. The first kappa shape index (κ1) is 38.7. The van der Waals surface area contributed by atoms with E-state index >= 15 is 0 Å². The number of hydrogen-bond acceptors (Lipinski definition) is 12. The number of alkyl carbamates (subject to hydrolysis) is 1. The number of amides is 4. The zero-order valence-corrected chi connectivity index (χ0v) is 31.2. The Balaban J connectivity index is 1.34. The topological polar surface area (TPSA) is 178 Å². The minimum atomic E-state index is -1.03. The molecule has 3 atom stereocenters. The number of nitrogens with one attached hydrogen (secondary N) is 3. The molecule has 1 saturated heterocycles. The van der Waals surface area contributed by atoms with Crippen LogP contribution in [0.3, 0.4) is 0 Å². The van der Waals surface area contributed by atoms with Crippen LogP contribution in [-0.4, -0.2) is 81.3 Å². The number of nitrogens with zero attached hydrogens (tertiary/aromatic N) is 3. The summed E-state index contributed by atoms with van der Waals surface area (Å²) < 4.78 is 11.4. The van der Waals surface area contributed by atoms with Gasteiger partial charge in [0.05, 0.1) is 6.54 Å². The molecule has 0 radical (unpaired) electrons. The molecule has 1 fully saturated rings. The second-order valence-electron chi connectivity index (χ2n) is 12.8. The van der Waals surface area contributed by atoms with Crippen molar-refractivity contribution in [3.63, 3.8) is 0 Å². The normalized spacial score (nSPS) is 17.6. The molecule has 0 bridgehead atoms. The van der Waals surface area contributed by atoms with Crippen LogP contribution in [0.2, 0.25) is 0 Å². The summed E-state index contributed by atoms with van der Waals surface area (Å²) in [6.45, 7) is 10.9. The first-order chi connectivity index (χ1) is 25.4. The van der Waals surface area contributed by atoms with Gasteiger partial charge in [0, 0.05) is 11.1 Å². The number of allylic oxidation sites excluding steroid dienone is 1. The monoisotopic (exact) mass is 760 g/mol. The Bertz CT molecular complexity index is 1850. The molecule has 53 heavy (non-hydrogen) atoms.